The Labute approximate surface area is 99.1 Å². The summed E-state index contributed by atoms with van der Waals surface area (Å²) in [5.41, 5.74) is 0.649. The average molecular weight is 229 g/mol. The van der Waals surface area contributed by atoms with Gasteiger partial charge in [0.05, 0.1) is 18.6 Å². The minimum absolute atomic E-state index is 0.0672. The maximum Gasteiger partial charge on any atom is 0.228 e. The molecule has 17 heavy (non-hydrogen) atoms. The van der Waals surface area contributed by atoms with Crippen LogP contribution in [-0.4, -0.2) is 29.0 Å². The standard InChI is InChI=1S/C12H11N3O2/c13-4-6-15(7-5-14)12(17)9-10-2-1-3-11(16)8-10/h1-3,8,16H,6-7,9H2. The number of hydrogen-bond donors (Lipinski definition) is 1. The fourth-order valence-corrected chi connectivity index (χ4v) is 1.36. The predicted octanol–water partition coefficient (Wildman–Crippen LogP) is 0.810. The van der Waals surface area contributed by atoms with Crippen molar-refractivity contribution in [3.05, 3.63) is 29.8 Å². The van der Waals surface area contributed by atoms with Gasteiger partial charge in [-0.1, -0.05) is 12.1 Å². The second-order valence-electron chi connectivity index (χ2n) is 3.41. The van der Waals surface area contributed by atoms with E-state index in [1.165, 1.54) is 17.0 Å². The third-order valence-corrected chi connectivity index (χ3v) is 2.14. The molecular formula is C12H11N3O2. The van der Waals surface area contributed by atoms with Crippen molar-refractivity contribution in [2.75, 3.05) is 13.1 Å². The summed E-state index contributed by atoms with van der Waals surface area (Å²) in [6, 6.07) is 10.0. The second kappa shape index (κ2) is 6.14. The smallest absolute Gasteiger partial charge is 0.228 e. The van der Waals surface area contributed by atoms with Crippen molar-refractivity contribution in [2.45, 2.75) is 6.42 Å². The van der Waals surface area contributed by atoms with Crippen LogP contribution >= 0.6 is 0 Å². The zero-order valence-electron chi connectivity index (χ0n) is 9.13. The van der Waals surface area contributed by atoms with Crippen molar-refractivity contribution in [1.29, 1.82) is 10.5 Å². The maximum atomic E-state index is 11.7. The molecule has 1 amide bonds. The highest BCUT2D eigenvalue weighted by molar-refractivity contribution is 5.79. The molecule has 1 aromatic carbocycles. The fourth-order valence-electron chi connectivity index (χ4n) is 1.36. The molecule has 0 atom stereocenters. The Morgan fingerprint density at radius 1 is 1.29 bits per heavy atom. The quantitative estimate of drug-likeness (QED) is 0.774. The summed E-state index contributed by atoms with van der Waals surface area (Å²) < 4.78 is 0. The van der Waals surface area contributed by atoms with E-state index in [9.17, 15) is 9.90 Å². The Morgan fingerprint density at radius 2 is 1.94 bits per heavy atom. The topological polar surface area (TPSA) is 88.1 Å². The van der Waals surface area contributed by atoms with E-state index in [1.807, 2.05) is 12.1 Å². The minimum Gasteiger partial charge on any atom is -0.508 e. The van der Waals surface area contributed by atoms with Crippen molar-refractivity contribution in [3.8, 4) is 17.9 Å². The van der Waals surface area contributed by atoms with Gasteiger partial charge in [-0.2, -0.15) is 10.5 Å². The molecule has 0 bridgehead atoms. The number of carbonyl (C=O) groups excluding carboxylic acids is 1. The van der Waals surface area contributed by atoms with Gasteiger partial charge in [0.2, 0.25) is 5.91 Å². The zero-order valence-corrected chi connectivity index (χ0v) is 9.13. The first kappa shape index (κ1) is 12.5. The van der Waals surface area contributed by atoms with E-state index in [2.05, 4.69) is 0 Å². The molecule has 0 unspecified atom stereocenters. The molecule has 0 saturated carbocycles. The molecule has 0 heterocycles. The number of phenolic OH excluding ortho intramolecular Hbond substituents is 1. The summed E-state index contributed by atoms with van der Waals surface area (Å²) in [5, 5.41) is 26.3. The van der Waals surface area contributed by atoms with Crippen LogP contribution < -0.4 is 0 Å². The maximum absolute atomic E-state index is 11.7. The molecule has 5 heteroatoms. The summed E-state index contributed by atoms with van der Waals surface area (Å²) in [7, 11) is 0. The third kappa shape index (κ3) is 3.84. The lowest BCUT2D eigenvalue weighted by molar-refractivity contribution is -0.129. The van der Waals surface area contributed by atoms with Gasteiger partial charge in [0.25, 0.3) is 0 Å². The first-order valence-electron chi connectivity index (χ1n) is 4.97. The normalized spacial score (nSPS) is 9.06. The number of hydrogen-bond acceptors (Lipinski definition) is 4. The molecule has 1 N–H and O–H groups in total. The predicted molar refractivity (Wildman–Crippen MR) is 59.6 cm³/mol. The number of carbonyl (C=O) groups is 1. The first-order valence-corrected chi connectivity index (χ1v) is 4.97. The van der Waals surface area contributed by atoms with Gasteiger partial charge in [-0.3, -0.25) is 4.79 Å². The number of benzene rings is 1. The number of amides is 1. The zero-order chi connectivity index (χ0) is 12.7. The van der Waals surface area contributed by atoms with Crippen LogP contribution in [0.15, 0.2) is 24.3 Å². The van der Waals surface area contributed by atoms with Crippen LogP contribution in [0.1, 0.15) is 5.56 Å². The Morgan fingerprint density at radius 3 is 2.47 bits per heavy atom. The van der Waals surface area contributed by atoms with E-state index < -0.39 is 0 Å². The highest BCUT2D eigenvalue weighted by Crippen LogP contribution is 2.12. The van der Waals surface area contributed by atoms with Gasteiger partial charge < -0.3 is 10.0 Å². The number of phenols is 1. The molecule has 0 fully saturated rings. The molecule has 86 valence electrons. The third-order valence-electron chi connectivity index (χ3n) is 2.14. The summed E-state index contributed by atoms with van der Waals surface area (Å²) in [6.45, 7) is -0.212. The number of rotatable bonds is 4. The van der Waals surface area contributed by atoms with Crippen molar-refractivity contribution >= 4 is 5.91 Å². The first-order chi connectivity index (χ1) is 8.17. The van der Waals surface area contributed by atoms with Gasteiger partial charge in [-0.05, 0) is 17.7 Å². The molecular weight excluding hydrogens is 218 g/mol. The lowest BCUT2D eigenvalue weighted by Crippen LogP contribution is -2.33. The van der Waals surface area contributed by atoms with Crippen LogP contribution in [-0.2, 0) is 11.2 Å². The summed E-state index contributed by atoms with van der Waals surface area (Å²) in [5.74, 6) is -0.221. The second-order valence-corrected chi connectivity index (χ2v) is 3.41. The van der Waals surface area contributed by atoms with Gasteiger partial charge in [0, 0.05) is 0 Å². The largest absolute Gasteiger partial charge is 0.508 e. The lowest BCUT2D eigenvalue weighted by atomic mass is 10.1. The van der Waals surface area contributed by atoms with Gasteiger partial charge in [-0.25, -0.2) is 0 Å². The molecule has 0 saturated heterocycles. The molecule has 0 radical (unpaired) electrons. The van der Waals surface area contributed by atoms with Crippen molar-refractivity contribution in [3.63, 3.8) is 0 Å². The Balaban J connectivity index is 2.71. The minimum atomic E-state index is -0.307. The highest BCUT2D eigenvalue weighted by atomic mass is 16.3. The van der Waals surface area contributed by atoms with E-state index in [-0.39, 0.29) is 31.2 Å². The van der Waals surface area contributed by atoms with E-state index >= 15 is 0 Å². The van der Waals surface area contributed by atoms with Crippen LogP contribution in [0, 0.1) is 22.7 Å². The van der Waals surface area contributed by atoms with Crippen molar-refractivity contribution < 1.29 is 9.90 Å². The monoisotopic (exact) mass is 229 g/mol. The van der Waals surface area contributed by atoms with Crippen LogP contribution in [0.4, 0.5) is 0 Å². The highest BCUT2D eigenvalue weighted by Gasteiger charge is 2.13. The van der Waals surface area contributed by atoms with E-state index in [0.717, 1.165) is 0 Å². The molecule has 1 aromatic rings. The molecule has 0 aliphatic heterocycles. The van der Waals surface area contributed by atoms with Crippen LogP contribution in [0.3, 0.4) is 0 Å². The molecule has 1 rings (SSSR count). The van der Waals surface area contributed by atoms with E-state index in [0.29, 0.717) is 5.56 Å². The van der Waals surface area contributed by atoms with E-state index in [4.69, 9.17) is 10.5 Å². The molecule has 0 spiro atoms. The van der Waals surface area contributed by atoms with Gasteiger partial charge in [0.15, 0.2) is 0 Å². The summed E-state index contributed by atoms with van der Waals surface area (Å²) >= 11 is 0. The Hall–Kier alpha value is -2.53. The summed E-state index contributed by atoms with van der Waals surface area (Å²) in [4.78, 5) is 12.9. The number of nitrogens with zero attached hydrogens (tertiary/aromatic N) is 3. The number of aromatic hydroxyl groups is 1. The number of nitriles is 2. The van der Waals surface area contributed by atoms with Crippen LogP contribution in [0.5, 0.6) is 5.75 Å². The molecule has 0 aliphatic rings. The van der Waals surface area contributed by atoms with Gasteiger partial charge in [-0.15, -0.1) is 0 Å². The summed E-state index contributed by atoms with van der Waals surface area (Å²) in [6.07, 6.45) is 0.0672. The average Bonchev–Trinajstić information content (AvgIpc) is 2.28. The van der Waals surface area contributed by atoms with Gasteiger partial charge >= 0.3 is 0 Å². The van der Waals surface area contributed by atoms with Crippen LogP contribution in [0.2, 0.25) is 0 Å². The lowest BCUT2D eigenvalue weighted by Gasteiger charge is -2.15. The molecule has 0 aliphatic carbocycles. The molecule has 5 nitrogen and oxygen atoms in total. The fraction of sp³-hybridized carbons (Fsp3) is 0.250. The van der Waals surface area contributed by atoms with Crippen molar-refractivity contribution in [1.82, 2.24) is 4.90 Å². The van der Waals surface area contributed by atoms with Crippen LogP contribution in [0.25, 0.3) is 0 Å². The van der Waals surface area contributed by atoms with Gasteiger partial charge in [0.1, 0.15) is 18.8 Å². The Kier molecular flexibility index (Phi) is 4.53. The molecule has 0 aromatic heterocycles. The SMILES string of the molecule is N#CCN(CC#N)C(=O)Cc1cccc(O)c1. The van der Waals surface area contributed by atoms with E-state index in [1.54, 1.807) is 12.1 Å². The van der Waals surface area contributed by atoms with Crippen molar-refractivity contribution in [2.24, 2.45) is 0 Å². The Bertz CT molecular complexity index is 469.